The maximum atomic E-state index is 12.7. The Bertz CT molecular complexity index is 1010. The van der Waals surface area contributed by atoms with Crippen molar-refractivity contribution in [2.75, 3.05) is 19.7 Å². The van der Waals surface area contributed by atoms with Gasteiger partial charge in [-0.1, -0.05) is 48.5 Å². The molecule has 1 amide bonds. The number of pyridine rings is 1. The Morgan fingerprint density at radius 2 is 1.53 bits per heavy atom. The first-order chi connectivity index (χ1) is 14.6. The summed E-state index contributed by atoms with van der Waals surface area (Å²) in [4.78, 5) is 29.2. The van der Waals surface area contributed by atoms with Gasteiger partial charge >= 0.3 is 12.1 Å². The average molecular weight is 402 g/mol. The molecule has 1 aliphatic carbocycles. The number of carbonyl (C=O) groups excluding carboxylic acids is 1. The van der Waals surface area contributed by atoms with E-state index in [4.69, 9.17) is 4.74 Å². The van der Waals surface area contributed by atoms with E-state index in [2.05, 4.69) is 17.1 Å². The quantitative estimate of drug-likeness (QED) is 0.647. The number of amides is 1. The smallest absolute Gasteiger partial charge is 0.410 e. The zero-order valence-electron chi connectivity index (χ0n) is 16.4. The molecule has 0 unspecified atom stereocenters. The third-order valence-corrected chi connectivity index (χ3v) is 5.34. The molecule has 0 fully saturated rings. The second-order valence-corrected chi connectivity index (χ2v) is 7.22. The fourth-order valence-electron chi connectivity index (χ4n) is 3.90. The van der Waals surface area contributed by atoms with Gasteiger partial charge in [-0.25, -0.2) is 4.79 Å². The van der Waals surface area contributed by atoms with Gasteiger partial charge < -0.3 is 9.84 Å². The number of rotatable bonds is 7. The van der Waals surface area contributed by atoms with Gasteiger partial charge in [0.25, 0.3) is 0 Å². The molecule has 0 atom stereocenters. The molecule has 0 saturated carbocycles. The largest absolute Gasteiger partial charge is 0.480 e. The Labute approximate surface area is 174 Å². The number of ether oxygens (including phenoxy) is 1. The van der Waals surface area contributed by atoms with Gasteiger partial charge in [0.2, 0.25) is 0 Å². The Morgan fingerprint density at radius 3 is 2.13 bits per heavy atom. The maximum absolute atomic E-state index is 12.7. The zero-order chi connectivity index (χ0) is 20.9. The Kier molecular flexibility index (Phi) is 5.75. The number of fused-ring (bicyclic) bond motifs is 3. The fraction of sp³-hybridized carbons (Fsp3) is 0.208. The first-order valence-electron chi connectivity index (χ1n) is 9.84. The fourth-order valence-corrected chi connectivity index (χ4v) is 3.90. The third-order valence-electron chi connectivity index (χ3n) is 5.34. The van der Waals surface area contributed by atoms with Crippen LogP contribution in [0.3, 0.4) is 0 Å². The number of nitrogens with zero attached hydrogens (tertiary/aromatic N) is 2. The van der Waals surface area contributed by atoms with Crippen molar-refractivity contribution >= 4 is 12.1 Å². The van der Waals surface area contributed by atoms with Crippen molar-refractivity contribution in [3.05, 3.63) is 89.7 Å². The van der Waals surface area contributed by atoms with Crippen LogP contribution in [0.1, 0.15) is 22.6 Å². The standard InChI is InChI=1S/C24H22N2O4/c27-23(28)15-26(14-11-17-9-12-25-13-10-17)24(29)30-16-22-20-7-3-1-5-18(20)19-6-2-4-8-21(19)22/h1-10,12-13,22H,11,14-16H2,(H,27,28). The van der Waals surface area contributed by atoms with E-state index in [1.165, 1.54) is 4.90 Å². The van der Waals surface area contributed by atoms with Gasteiger partial charge in [-0.15, -0.1) is 0 Å². The highest BCUT2D eigenvalue weighted by Gasteiger charge is 2.30. The highest BCUT2D eigenvalue weighted by molar-refractivity contribution is 5.79. The van der Waals surface area contributed by atoms with Crippen molar-refractivity contribution in [1.29, 1.82) is 0 Å². The molecule has 3 aromatic rings. The van der Waals surface area contributed by atoms with Crippen LogP contribution >= 0.6 is 0 Å². The minimum atomic E-state index is -1.07. The van der Waals surface area contributed by atoms with Crippen LogP contribution in [-0.4, -0.2) is 46.7 Å². The summed E-state index contributed by atoms with van der Waals surface area (Å²) in [5.41, 5.74) is 5.51. The molecule has 0 spiro atoms. The summed E-state index contributed by atoms with van der Waals surface area (Å²) in [6, 6.07) is 19.9. The van der Waals surface area contributed by atoms with E-state index in [0.717, 1.165) is 27.8 Å². The summed E-state index contributed by atoms with van der Waals surface area (Å²) in [7, 11) is 0. The number of benzene rings is 2. The molecule has 2 aromatic carbocycles. The summed E-state index contributed by atoms with van der Waals surface area (Å²) in [6.07, 6.45) is 3.25. The van der Waals surface area contributed by atoms with Gasteiger partial charge in [0.15, 0.2) is 0 Å². The number of hydrogen-bond donors (Lipinski definition) is 1. The van der Waals surface area contributed by atoms with Gasteiger partial charge in [0, 0.05) is 24.9 Å². The topological polar surface area (TPSA) is 79.7 Å². The predicted octanol–water partition coefficient (Wildman–Crippen LogP) is 3.96. The molecule has 0 aliphatic heterocycles. The summed E-state index contributed by atoms with van der Waals surface area (Å²) >= 11 is 0. The molecule has 6 nitrogen and oxygen atoms in total. The monoisotopic (exact) mass is 402 g/mol. The van der Waals surface area contributed by atoms with Crippen LogP contribution in [0.15, 0.2) is 73.1 Å². The number of hydrogen-bond acceptors (Lipinski definition) is 4. The Morgan fingerprint density at radius 1 is 0.933 bits per heavy atom. The van der Waals surface area contributed by atoms with E-state index in [-0.39, 0.29) is 19.1 Å². The van der Waals surface area contributed by atoms with E-state index in [1.54, 1.807) is 12.4 Å². The molecule has 30 heavy (non-hydrogen) atoms. The van der Waals surface area contributed by atoms with E-state index < -0.39 is 18.6 Å². The van der Waals surface area contributed by atoms with Gasteiger partial charge in [-0.3, -0.25) is 14.7 Å². The lowest BCUT2D eigenvalue weighted by Gasteiger charge is -2.22. The van der Waals surface area contributed by atoms with Crippen LogP contribution in [-0.2, 0) is 16.0 Å². The van der Waals surface area contributed by atoms with Crippen LogP contribution in [0.25, 0.3) is 11.1 Å². The summed E-state index contributed by atoms with van der Waals surface area (Å²) in [6.45, 7) is 0.0208. The van der Waals surface area contributed by atoms with Gasteiger partial charge in [0.1, 0.15) is 13.2 Å². The van der Waals surface area contributed by atoms with E-state index in [1.807, 2.05) is 48.5 Å². The molecular formula is C24H22N2O4. The lowest BCUT2D eigenvalue weighted by atomic mass is 9.98. The van der Waals surface area contributed by atoms with Gasteiger partial charge in [-0.05, 0) is 46.4 Å². The van der Waals surface area contributed by atoms with Gasteiger partial charge in [0.05, 0.1) is 0 Å². The highest BCUT2D eigenvalue weighted by Crippen LogP contribution is 2.44. The minimum Gasteiger partial charge on any atom is -0.480 e. The normalized spacial score (nSPS) is 12.1. The van der Waals surface area contributed by atoms with Crippen LogP contribution in [0.2, 0.25) is 0 Å². The maximum Gasteiger partial charge on any atom is 0.410 e. The summed E-state index contributed by atoms with van der Waals surface area (Å²) < 4.78 is 5.60. The number of carboxylic acid groups (broad SMARTS) is 1. The lowest BCUT2D eigenvalue weighted by molar-refractivity contribution is -0.138. The van der Waals surface area contributed by atoms with Crippen LogP contribution in [0.4, 0.5) is 4.79 Å². The lowest BCUT2D eigenvalue weighted by Crippen LogP contribution is -2.38. The van der Waals surface area contributed by atoms with Crippen LogP contribution < -0.4 is 0 Å². The first-order valence-corrected chi connectivity index (χ1v) is 9.84. The minimum absolute atomic E-state index is 0.0618. The molecule has 152 valence electrons. The average Bonchev–Trinajstić information content (AvgIpc) is 3.09. The molecule has 0 saturated heterocycles. The molecule has 1 heterocycles. The summed E-state index contributed by atoms with van der Waals surface area (Å²) in [5, 5.41) is 9.21. The number of aromatic nitrogens is 1. The van der Waals surface area contributed by atoms with Crippen molar-refractivity contribution in [1.82, 2.24) is 9.88 Å². The van der Waals surface area contributed by atoms with Crippen molar-refractivity contribution in [3.63, 3.8) is 0 Å². The molecule has 6 heteroatoms. The molecule has 1 N–H and O–H groups in total. The third kappa shape index (κ3) is 4.17. The van der Waals surface area contributed by atoms with E-state index in [9.17, 15) is 14.7 Å². The molecular weight excluding hydrogens is 380 g/mol. The predicted molar refractivity (Wildman–Crippen MR) is 112 cm³/mol. The van der Waals surface area contributed by atoms with E-state index >= 15 is 0 Å². The zero-order valence-corrected chi connectivity index (χ0v) is 16.4. The number of carbonyl (C=O) groups is 2. The van der Waals surface area contributed by atoms with Crippen molar-refractivity contribution in [2.45, 2.75) is 12.3 Å². The molecule has 1 aromatic heterocycles. The van der Waals surface area contributed by atoms with Crippen molar-refractivity contribution < 1.29 is 19.4 Å². The molecule has 1 aliphatic rings. The Balaban J connectivity index is 1.46. The van der Waals surface area contributed by atoms with E-state index in [0.29, 0.717) is 6.42 Å². The second kappa shape index (κ2) is 8.78. The number of carboxylic acids is 1. The molecule has 4 rings (SSSR count). The second-order valence-electron chi connectivity index (χ2n) is 7.22. The van der Waals surface area contributed by atoms with Crippen LogP contribution in [0, 0.1) is 0 Å². The van der Waals surface area contributed by atoms with Crippen molar-refractivity contribution in [2.24, 2.45) is 0 Å². The highest BCUT2D eigenvalue weighted by atomic mass is 16.6. The molecule has 0 bridgehead atoms. The SMILES string of the molecule is O=C(O)CN(CCc1ccncc1)C(=O)OCC1c2ccccc2-c2ccccc21. The van der Waals surface area contributed by atoms with Gasteiger partial charge in [-0.2, -0.15) is 0 Å². The summed E-state index contributed by atoms with van der Waals surface area (Å²) in [5.74, 6) is -1.13. The number of aliphatic carboxylic acids is 1. The molecule has 0 radical (unpaired) electrons. The Hall–Kier alpha value is -3.67. The van der Waals surface area contributed by atoms with Crippen molar-refractivity contribution in [3.8, 4) is 11.1 Å². The van der Waals surface area contributed by atoms with Crippen LogP contribution in [0.5, 0.6) is 0 Å². The first kappa shape index (κ1) is 19.6.